The number of rotatable bonds is 8. The number of benzene rings is 2. The molecule has 184 valence electrons. The second-order valence-electron chi connectivity index (χ2n) is 8.59. The predicted octanol–water partition coefficient (Wildman–Crippen LogP) is 5.19. The van der Waals surface area contributed by atoms with Gasteiger partial charge in [0.25, 0.3) is 5.91 Å². The Morgan fingerprint density at radius 3 is 2.43 bits per heavy atom. The van der Waals surface area contributed by atoms with Gasteiger partial charge in [0.15, 0.2) is 17.3 Å². The van der Waals surface area contributed by atoms with Crippen molar-refractivity contribution in [3.63, 3.8) is 0 Å². The van der Waals surface area contributed by atoms with Crippen molar-refractivity contribution in [2.24, 2.45) is 0 Å². The van der Waals surface area contributed by atoms with Crippen LogP contribution < -0.4 is 19.7 Å². The van der Waals surface area contributed by atoms with E-state index < -0.39 is 17.8 Å². The SMILES string of the molecule is COc1ccc([C@H](C(=O)NC2CCCC2)N(C(=O)c2ccco2)c2ccc(C)c(F)c2)cc1OC. The van der Waals surface area contributed by atoms with Crippen LogP contribution in [0.2, 0.25) is 0 Å². The molecule has 1 fully saturated rings. The number of carbonyl (C=O) groups excluding carboxylic acids is 2. The number of nitrogens with one attached hydrogen (secondary N) is 1. The number of methoxy groups -OCH3 is 2. The number of hydrogen-bond donors (Lipinski definition) is 1. The highest BCUT2D eigenvalue weighted by Gasteiger charge is 2.36. The number of hydrogen-bond acceptors (Lipinski definition) is 5. The van der Waals surface area contributed by atoms with Gasteiger partial charge >= 0.3 is 0 Å². The molecule has 0 saturated heterocycles. The van der Waals surface area contributed by atoms with E-state index in [1.807, 2.05) is 0 Å². The highest BCUT2D eigenvalue weighted by Crippen LogP contribution is 2.36. The van der Waals surface area contributed by atoms with Crippen molar-refractivity contribution in [1.82, 2.24) is 5.32 Å². The molecule has 1 aliphatic rings. The monoisotopic (exact) mass is 480 g/mol. The lowest BCUT2D eigenvalue weighted by molar-refractivity contribution is -0.123. The largest absolute Gasteiger partial charge is 0.493 e. The first-order chi connectivity index (χ1) is 16.9. The summed E-state index contributed by atoms with van der Waals surface area (Å²) in [5.74, 6) is -0.502. The van der Waals surface area contributed by atoms with Crippen molar-refractivity contribution >= 4 is 17.5 Å². The van der Waals surface area contributed by atoms with Gasteiger partial charge in [0.1, 0.15) is 11.9 Å². The molecule has 8 heteroatoms. The van der Waals surface area contributed by atoms with E-state index in [9.17, 15) is 14.0 Å². The summed E-state index contributed by atoms with van der Waals surface area (Å²) < 4.78 is 30.8. The fraction of sp³-hybridized carbons (Fsp3) is 0.333. The fourth-order valence-corrected chi connectivity index (χ4v) is 4.43. The van der Waals surface area contributed by atoms with E-state index in [0.29, 0.717) is 22.6 Å². The van der Waals surface area contributed by atoms with E-state index >= 15 is 0 Å². The van der Waals surface area contributed by atoms with E-state index in [0.717, 1.165) is 25.7 Å². The fourth-order valence-electron chi connectivity index (χ4n) is 4.43. The van der Waals surface area contributed by atoms with Crippen LogP contribution in [-0.2, 0) is 4.79 Å². The van der Waals surface area contributed by atoms with E-state index in [2.05, 4.69) is 5.32 Å². The Morgan fingerprint density at radius 2 is 1.80 bits per heavy atom. The van der Waals surface area contributed by atoms with Crippen molar-refractivity contribution in [3.8, 4) is 11.5 Å². The van der Waals surface area contributed by atoms with E-state index in [1.165, 1.54) is 37.5 Å². The van der Waals surface area contributed by atoms with E-state index in [-0.39, 0.29) is 23.4 Å². The number of carbonyl (C=O) groups is 2. The first kappa shape index (κ1) is 24.3. The van der Waals surface area contributed by atoms with Crippen molar-refractivity contribution in [2.75, 3.05) is 19.1 Å². The molecule has 0 radical (unpaired) electrons. The minimum Gasteiger partial charge on any atom is -0.493 e. The minimum absolute atomic E-state index is 0.0143. The molecule has 0 bridgehead atoms. The molecule has 7 nitrogen and oxygen atoms in total. The number of halogens is 1. The Kier molecular flexibility index (Phi) is 7.39. The van der Waals surface area contributed by atoms with Crippen LogP contribution >= 0.6 is 0 Å². The van der Waals surface area contributed by atoms with Crippen LogP contribution in [0.1, 0.15) is 53.4 Å². The Hall–Kier alpha value is -3.81. The second-order valence-corrected chi connectivity index (χ2v) is 8.59. The second kappa shape index (κ2) is 10.6. The third-order valence-electron chi connectivity index (χ3n) is 6.32. The normalized spacial score (nSPS) is 14.4. The number of anilines is 1. The predicted molar refractivity (Wildman–Crippen MR) is 129 cm³/mol. The Bertz CT molecular complexity index is 1190. The van der Waals surface area contributed by atoms with Gasteiger partial charge in [-0.05, 0) is 67.3 Å². The molecule has 2 aromatic carbocycles. The Balaban J connectivity index is 1.86. The van der Waals surface area contributed by atoms with Gasteiger partial charge in [-0.25, -0.2) is 4.39 Å². The average Bonchev–Trinajstić information content (AvgIpc) is 3.58. The van der Waals surface area contributed by atoms with Crippen LogP contribution in [0.25, 0.3) is 0 Å². The zero-order valence-corrected chi connectivity index (χ0v) is 20.0. The van der Waals surface area contributed by atoms with Crippen molar-refractivity contribution in [2.45, 2.75) is 44.7 Å². The lowest BCUT2D eigenvalue weighted by atomic mass is 10.0. The summed E-state index contributed by atoms with van der Waals surface area (Å²) in [6, 6.07) is 11.5. The number of ether oxygens (including phenoxy) is 2. The van der Waals surface area contributed by atoms with Gasteiger partial charge in [0, 0.05) is 11.7 Å². The maximum Gasteiger partial charge on any atom is 0.294 e. The third kappa shape index (κ3) is 5.16. The van der Waals surface area contributed by atoms with Gasteiger partial charge in [0.2, 0.25) is 5.91 Å². The number of furan rings is 1. The molecular weight excluding hydrogens is 451 g/mol. The molecule has 1 saturated carbocycles. The molecule has 0 spiro atoms. The summed E-state index contributed by atoms with van der Waals surface area (Å²) in [4.78, 5) is 28.8. The Labute approximate surface area is 203 Å². The molecule has 0 aliphatic heterocycles. The summed E-state index contributed by atoms with van der Waals surface area (Å²) >= 11 is 0. The molecule has 1 atom stereocenters. The molecule has 0 unspecified atom stereocenters. The average molecular weight is 481 g/mol. The van der Waals surface area contributed by atoms with Gasteiger partial charge in [-0.15, -0.1) is 0 Å². The van der Waals surface area contributed by atoms with Crippen molar-refractivity contribution in [1.29, 1.82) is 0 Å². The summed E-state index contributed by atoms with van der Waals surface area (Å²) in [6.45, 7) is 1.64. The highest BCUT2D eigenvalue weighted by molar-refractivity contribution is 6.08. The first-order valence-electron chi connectivity index (χ1n) is 11.6. The molecular formula is C27H29FN2O5. The van der Waals surface area contributed by atoms with E-state index in [4.69, 9.17) is 13.9 Å². The third-order valence-corrected chi connectivity index (χ3v) is 6.32. The molecule has 35 heavy (non-hydrogen) atoms. The molecule has 4 rings (SSSR count). The van der Waals surface area contributed by atoms with Gasteiger partial charge in [-0.3, -0.25) is 14.5 Å². The molecule has 1 aliphatic carbocycles. The van der Waals surface area contributed by atoms with Crippen LogP contribution in [0.4, 0.5) is 10.1 Å². The molecule has 1 aromatic heterocycles. The summed E-state index contributed by atoms with van der Waals surface area (Å²) in [7, 11) is 3.01. The summed E-state index contributed by atoms with van der Waals surface area (Å²) in [6.07, 6.45) is 5.19. The van der Waals surface area contributed by atoms with Crippen LogP contribution in [0.3, 0.4) is 0 Å². The lowest BCUT2D eigenvalue weighted by Crippen LogP contribution is -2.46. The van der Waals surface area contributed by atoms with E-state index in [1.54, 1.807) is 43.3 Å². The lowest BCUT2D eigenvalue weighted by Gasteiger charge is -2.32. The summed E-state index contributed by atoms with van der Waals surface area (Å²) in [5.41, 5.74) is 1.15. The highest BCUT2D eigenvalue weighted by atomic mass is 19.1. The first-order valence-corrected chi connectivity index (χ1v) is 11.6. The van der Waals surface area contributed by atoms with Gasteiger partial charge in [-0.1, -0.05) is 25.0 Å². The zero-order chi connectivity index (χ0) is 24.9. The minimum atomic E-state index is -1.12. The number of amides is 2. The van der Waals surface area contributed by atoms with Crippen molar-refractivity contribution in [3.05, 3.63) is 77.5 Å². The smallest absolute Gasteiger partial charge is 0.294 e. The van der Waals surface area contributed by atoms with Gasteiger partial charge in [-0.2, -0.15) is 0 Å². The number of aryl methyl sites for hydroxylation is 1. The Morgan fingerprint density at radius 1 is 1.06 bits per heavy atom. The van der Waals surface area contributed by atoms with Gasteiger partial charge < -0.3 is 19.2 Å². The standard InChI is InChI=1S/C27H29FN2O5/c1-17-10-12-20(16-21(17)28)30(27(32)23-9-6-14-35-23)25(26(31)29-19-7-4-5-8-19)18-11-13-22(33-2)24(15-18)34-3/h6,9-16,19,25H,4-5,7-8H2,1-3H3,(H,29,31)/t25-/m1/s1. The summed E-state index contributed by atoms with van der Waals surface area (Å²) in [5, 5.41) is 3.09. The van der Waals surface area contributed by atoms with Crippen LogP contribution in [0, 0.1) is 12.7 Å². The van der Waals surface area contributed by atoms with Crippen LogP contribution in [0.15, 0.2) is 59.2 Å². The van der Waals surface area contributed by atoms with Crippen LogP contribution in [0.5, 0.6) is 11.5 Å². The van der Waals surface area contributed by atoms with Crippen molar-refractivity contribution < 1.29 is 27.9 Å². The molecule has 1 heterocycles. The molecule has 1 N–H and O–H groups in total. The zero-order valence-electron chi connectivity index (χ0n) is 20.0. The molecule has 2 amide bonds. The maximum atomic E-state index is 14.7. The van der Waals surface area contributed by atoms with Crippen LogP contribution in [-0.4, -0.2) is 32.1 Å². The molecule has 3 aromatic rings. The quantitative estimate of drug-likeness (QED) is 0.480. The van der Waals surface area contributed by atoms with Gasteiger partial charge in [0.05, 0.1) is 20.5 Å². The number of nitrogens with zero attached hydrogens (tertiary/aromatic N) is 1. The maximum absolute atomic E-state index is 14.7. The topological polar surface area (TPSA) is 81.0 Å².